The van der Waals surface area contributed by atoms with Crippen LogP contribution in [0.15, 0.2) is 11.6 Å². The Hall–Kier alpha value is -0.300. The first kappa shape index (κ1) is 10.7. The minimum Gasteiger partial charge on any atom is -0.306 e. The summed E-state index contributed by atoms with van der Waals surface area (Å²) in [7, 11) is 0. The maximum atomic E-state index is 3.47. The van der Waals surface area contributed by atoms with Crippen LogP contribution in [0.4, 0.5) is 0 Å². The van der Waals surface area contributed by atoms with Crippen molar-refractivity contribution in [2.24, 2.45) is 0 Å². The maximum Gasteiger partial charge on any atom is 0.0228 e. The molecule has 0 saturated heterocycles. The zero-order chi connectivity index (χ0) is 9.07. The summed E-state index contributed by atoms with van der Waals surface area (Å²) >= 11 is 0. The van der Waals surface area contributed by atoms with Gasteiger partial charge in [-0.3, -0.25) is 0 Å². The van der Waals surface area contributed by atoms with Crippen LogP contribution in [0.5, 0.6) is 0 Å². The third-order valence-electron chi connectivity index (χ3n) is 1.24. The molecule has 1 heteroatoms. The topological polar surface area (TPSA) is 12.0 Å². The van der Waals surface area contributed by atoms with Gasteiger partial charge in [0.1, 0.15) is 0 Å². The third kappa shape index (κ3) is 7.60. The Morgan fingerprint density at radius 3 is 2.00 bits per heavy atom. The summed E-state index contributed by atoms with van der Waals surface area (Å²) in [4.78, 5) is 0. The molecule has 0 aliphatic rings. The van der Waals surface area contributed by atoms with E-state index in [4.69, 9.17) is 0 Å². The third-order valence-corrected chi connectivity index (χ3v) is 1.24. The Bertz CT molecular complexity index is 135. The molecule has 0 amide bonds. The van der Waals surface area contributed by atoms with E-state index in [0.29, 0.717) is 6.04 Å². The molecule has 0 aromatic carbocycles. The van der Waals surface area contributed by atoms with Gasteiger partial charge in [-0.25, -0.2) is 0 Å². The van der Waals surface area contributed by atoms with E-state index < -0.39 is 0 Å². The van der Waals surface area contributed by atoms with Gasteiger partial charge in [0.2, 0.25) is 0 Å². The highest BCUT2D eigenvalue weighted by Gasteiger charge is 2.10. The quantitative estimate of drug-likeness (QED) is 0.605. The minimum absolute atomic E-state index is 0.214. The minimum atomic E-state index is 0.214. The average Bonchev–Trinajstić information content (AvgIpc) is 1.53. The van der Waals surface area contributed by atoms with Gasteiger partial charge >= 0.3 is 0 Å². The highest BCUT2D eigenvalue weighted by Crippen LogP contribution is 2.03. The van der Waals surface area contributed by atoms with E-state index in [-0.39, 0.29) is 5.54 Å². The molecule has 0 fully saturated rings. The van der Waals surface area contributed by atoms with Gasteiger partial charge in [-0.15, -0.1) is 0 Å². The maximum absolute atomic E-state index is 3.47. The fourth-order valence-electron chi connectivity index (χ4n) is 1.22. The van der Waals surface area contributed by atoms with Crippen LogP contribution in [-0.4, -0.2) is 11.6 Å². The average molecular weight is 155 g/mol. The summed E-state index contributed by atoms with van der Waals surface area (Å²) in [6, 6.07) is 0.472. The van der Waals surface area contributed by atoms with Crippen molar-refractivity contribution in [3.05, 3.63) is 11.6 Å². The van der Waals surface area contributed by atoms with Crippen LogP contribution >= 0.6 is 0 Å². The molecule has 0 aromatic heterocycles. The predicted molar refractivity (Wildman–Crippen MR) is 51.8 cm³/mol. The lowest BCUT2D eigenvalue weighted by molar-refractivity contribution is 0.403. The van der Waals surface area contributed by atoms with E-state index in [1.54, 1.807) is 0 Å². The number of rotatable bonds is 2. The monoisotopic (exact) mass is 155 g/mol. The van der Waals surface area contributed by atoms with Gasteiger partial charge in [0.25, 0.3) is 0 Å². The Labute approximate surface area is 70.9 Å². The molecule has 0 aliphatic heterocycles. The molecule has 0 heterocycles. The molecule has 0 radical (unpaired) electrons. The number of allylic oxidation sites excluding steroid dienone is 1. The fourth-order valence-corrected chi connectivity index (χ4v) is 1.22. The molecule has 0 aliphatic carbocycles. The number of hydrogen-bond donors (Lipinski definition) is 1. The van der Waals surface area contributed by atoms with Crippen LogP contribution in [0.3, 0.4) is 0 Å². The lowest BCUT2D eigenvalue weighted by Crippen LogP contribution is -2.41. The molecule has 0 saturated carbocycles. The van der Waals surface area contributed by atoms with Crippen molar-refractivity contribution in [3.63, 3.8) is 0 Å². The summed E-state index contributed by atoms with van der Waals surface area (Å²) < 4.78 is 0. The van der Waals surface area contributed by atoms with Gasteiger partial charge in [-0.2, -0.15) is 0 Å². The largest absolute Gasteiger partial charge is 0.306 e. The molecular formula is C10H21N. The molecule has 0 spiro atoms. The van der Waals surface area contributed by atoms with E-state index in [2.05, 4.69) is 52.9 Å². The number of nitrogens with one attached hydrogen (secondary N) is 1. The van der Waals surface area contributed by atoms with Crippen LogP contribution in [0.25, 0.3) is 0 Å². The van der Waals surface area contributed by atoms with Crippen LogP contribution in [0.1, 0.15) is 41.5 Å². The summed E-state index contributed by atoms with van der Waals surface area (Å²) in [5.41, 5.74) is 1.58. The zero-order valence-corrected chi connectivity index (χ0v) is 8.65. The summed E-state index contributed by atoms with van der Waals surface area (Å²) in [6.07, 6.45) is 2.24. The standard InChI is InChI=1S/C10H21N/c1-8(2)7-9(3)11-10(4,5)6/h7,9,11H,1-6H3. The molecule has 1 atom stereocenters. The molecule has 0 rings (SSSR count). The van der Waals surface area contributed by atoms with Crippen LogP contribution in [0.2, 0.25) is 0 Å². The lowest BCUT2D eigenvalue weighted by Gasteiger charge is -2.24. The molecular weight excluding hydrogens is 134 g/mol. The molecule has 0 bridgehead atoms. The van der Waals surface area contributed by atoms with Crippen molar-refractivity contribution in [2.45, 2.75) is 53.1 Å². The highest BCUT2D eigenvalue weighted by molar-refractivity contribution is 5.00. The Balaban J connectivity index is 3.89. The van der Waals surface area contributed by atoms with E-state index in [0.717, 1.165) is 0 Å². The lowest BCUT2D eigenvalue weighted by atomic mass is 10.1. The van der Waals surface area contributed by atoms with E-state index in [1.807, 2.05) is 0 Å². The molecule has 11 heavy (non-hydrogen) atoms. The predicted octanol–water partition coefficient (Wildman–Crippen LogP) is 2.73. The normalized spacial score (nSPS) is 14.4. The summed E-state index contributed by atoms with van der Waals surface area (Å²) in [5, 5.41) is 3.47. The van der Waals surface area contributed by atoms with Crippen LogP contribution in [0, 0.1) is 0 Å². The van der Waals surface area contributed by atoms with E-state index >= 15 is 0 Å². The van der Waals surface area contributed by atoms with Gasteiger partial charge < -0.3 is 5.32 Å². The zero-order valence-electron chi connectivity index (χ0n) is 8.65. The SMILES string of the molecule is CC(C)=CC(C)NC(C)(C)C. The van der Waals surface area contributed by atoms with Crippen LogP contribution in [-0.2, 0) is 0 Å². The Kier molecular flexibility index (Phi) is 3.81. The van der Waals surface area contributed by atoms with Crippen molar-refractivity contribution in [1.29, 1.82) is 0 Å². The Morgan fingerprint density at radius 2 is 1.73 bits per heavy atom. The molecule has 1 nitrogen and oxygen atoms in total. The summed E-state index contributed by atoms with van der Waals surface area (Å²) in [6.45, 7) is 13.0. The molecule has 0 aromatic rings. The van der Waals surface area contributed by atoms with Crippen molar-refractivity contribution in [3.8, 4) is 0 Å². The van der Waals surface area contributed by atoms with Gasteiger partial charge in [0, 0.05) is 11.6 Å². The van der Waals surface area contributed by atoms with E-state index in [9.17, 15) is 0 Å². The fraction of sp³-hybridized carbons (Fsp3) is 0.800. The van der Waals surface area contributed by atoms with Crippen molar-refractivity contribution in [2.75, 3.05) is 0 Å². The first-order valence-corrected chi connectivity index (χ1v) is 4.24. The second-order valence-electron chi connectivity index (χ2n) is 4.43. The van der Waals surface area contributed by atoms with Crippen molar-refractivity contribution >= 4 is 0 Å². The van der Waals surface area contributed by atoms with Gasteiger partial charge in [-0.1, -0.05) is 11.6 Å². The van der Waals surface area contributed by atoms with Crippen molar-refractivity contribution in [1.82, 2.24) is 5.32 Å². The van der Waals surface area contributed by atoms with Gasteiger partial charge in [-0.05, 0) is 41.5 Å². The Morgan fingerprint density at radius 1 is 1.27 bits per heavy atom. The molecule has 1 N–H and O–H groups in total. The first-order valence-electron chi connectivity index (χ1n) is 4.24. The molecule has 1 unspecified atom stereocenters. The van der Waals surface area contributed by atoms with E-state index in [1.165, 1.54) is 5.57 Å². The number of hydrogen-bond acceptors (Lipinski definition) is 1. The van der Waals surface area contributed by atoms with Gasteiger partial charge in [0.15, 0.2) is 0 Å². The van der Waals surface area contributed by atoms with Crippen molar-refractivity contribution < 1.29 is 0 Å². The molecule has 66 valence electrons. The van der Waals surface area contributed by atoms with Crippen LogP contribution < -0.4 is 5.32 Å². The second kappa shape index (κ2) is 3.91. The first-order chi connectivity index (χ1) is 4.81. The summed E-state index contributed by atoms with van der Waals surface area (Å²) in [5.74, 6) is 0. The smallest absolute Gasteiger partial charge is 0.0228 e. The van der Waals surface area contributed by atoms with Gasteiger partial charge in [0.05, 0.1) is 0 Å². The highest BCUT2D eigenvalue weighted by atomic mass is 15.0. The second-order valence-corrected chi connectivity index (χ2v) is 4.43.